The number of Topliss-reactive ketones (excluding diaryl/α,β-unsaturated/α-hetero) is 1. The topological polar surface area (TPSA) is 71.0 Å². The van der Waals surface area contributed by atoms with Crippen LogP contribution < -0.4 is 5.73 Å². The van der Waals surface area contributed by atoms with Gasteiger partial charge in [0.25, 0.3) is 0 Å². The van der Waals surface area contributed by atoms with Crippen LogP contribution in [0.2, 0.25) is 0 Å². The molecular weight excluding hydrogens is 278 g/mol. The minimum atomic E-state index is -0.349. The van der Waals surface area contributed by atoms with Crippen molar-refractivity contribution in [3.05, 3.63) is 60.2 Å². The Kier molecular flexibility index (Phi) is 5.86. The van der Waals surface area contributed by atoms with Gasteiger partial charge in [0, 0.05) is 12.0 Å². The quantitative estimate of drug-likeness (QED) is 0.628. The summed E-state index contributed by atoms with van der Waals surface area (Å²) in [7, 11) is 0. The highest BCUT2D eigenvalue weighted by atomic mass is 16.5. The van der Waals surface area contributed by atoms with Crippen molar-refractivity contribution >= 4 is 11.8 Å². The van der Waals surface area contributed by atoms with Gasteiger partial charge in [-0.1, -0.05) is 54.6 Å². The largest absolute Gasteiger partial charge is 0.460 e. The Bertz CT molecular complexity index is 621. The minimum Gasteiger partial charge on any atom is -0.460 e. The maximum absolute atomic E-state index is 12.1. The summed E-state index contributed by atoms with van der Waals surface area (Å²) < 4.78 is 4.90. The van der Waals surface area contributed by atoms with E-state index in [-0.39, 0.29) is 24.6 Å². The zero-order valence-electron chi connectivity index (χ0n) is 12.5. The van der Waals surface area contributed by atoms with Crippen LogP contribution in [0.3, 0.4) is 0 Å². The molecule has 0 spiro atoms. The van der Waals surface area contributed by atoms with Gasteiger partial charge in [0.2, 0.25) is 0 Å². The smallest absolute Gasteiger partial charge is 0.306 e. The summed E-state index contributed by atoms with van der Waals surface area (Å²) in [4.78, 5) is 23.4. The highest BCUT2D eigenvalue weighted by Gasteiger charge is 2.10. The third kappa shape index (κ3) is 4.53. The van der Waals surface area contributed by atoms with Gasteiger partial charge in [0.1, 0.15) is 13.2 Å². The molecule has 0 radical (unpaired) electrons. The molecule has 2 aromatic carbocycles. The molecule has 0 atom stereocenters. The fraction of sp³-hybridized carbons (Fsp3) is 0.222. The molecule has 0 heterocycles. The Morgan fingerprint density at radius 3 is 2.14 bits per heavy atom. The lowest BCUT2D eigenvalue weighted by Crippen LogP contribution is -2.52. The van der Waals surface area contributed by atoms with Crippen LogP contribution in [0.4, 0.5) is 0 Å². The van der Waals surface area contributed by atoms with Crippen LogP contribution in [0.25, 0.3) is 11.1 Å². The molecule has 4 nitrogen and oxygen atoms in total. The zero-order chi connectivity index (χ0) is 15.8. The number of quaternary nitrogens is 1. The van der Waals surface area contributed by atoms with E-state index >= 15 is 0 Å². The van der Waals surface area contributed by atoms with E-state index in [4.69, 9.17) is 4.74 Å². The lowest BCUT2D eigenvalue weighted by molar-refractivity contribution is -0.372. The first kappa shape index (κ1) is 15.9. The number of carbonyl (C=O) groups excluding carboxylic acids is 2. The summed E-state index contributed by atoms with van der Waals surface area (Å²) in [5, 5.41) is 0. The molecule has 0 saturated carbocycles. The molecule has 2 rings (SSSR count). The number of carbonyl (C=O) groups is 2. The molecule has 0 saturated heterocycles. The van der Waals surface area contributed by atoms with Crippen LogP contribution in [0.1, 0.15) is 23.2 Å². The maximum Gasteiger partial charge on any atom is 0.306 e. The van der Waals surface area contributed by atoms with Gasteiger partial charge in [-0.2, -0.15) is 0 Å². The van der Waals surface area contributed by atoms with E-state index in [1.54, 1.807) is 12.1 Å². The molecule has 0 unspecified atom stereocenters. The van der Waals surface area contributed by atoms with E-state index in [9.17, 15) is 9.59 Å². The SMILES string of the molecule is [NH3+]CCOC(=O)CCC(=O)c1ccc(-c2ccccc2)cc1. The fourth-order valence-electron chi connectivity index (χ4n) is 2.10. The minimum absolute atomic E-state index is 0.0498. The van der Waals surface area contributed by atoms with E-state index in [2.05, 4.69) is 5.73 Å². The molecule has 22 heavy (non-hydrogen) atoms. The molecule has 0 aromatic heterocycles. The first-order valence-electron chi connectivity index (χ1n) is 7.34. The molecule has 4 heteroatoms. The van der Waals surface area contributed by atoms with Gasteiger partial charge < -0.3 is 10.5 Å². The lowest BCUT2D eigenvalue weighted by Gasteiger charge is -2.04. The van der Waals surface area contributed by atoms with Gasteiger partial charge >= 0.3 is 5.97 Å². The van der Waals surface area contributed by atoms with Crippen molar-refractivity contribution in [3.63, 3.8) is 0 Å². The second-order valence-electron chi connectivity index (χ2n) is 4.94. The Morgan fingerprint density at radius 2 is 1.50 bits per heavy atom. The monoisotopic (exact) mass is 298 g/mol. The molecule has 0 amide bonds. The molecule has 0 bridgehead atoms. The van der Waals surface area contributed by atoms with E-state index in [0.717, 1.165) is 11.1 Å². The Morgan fingerprint density at radius 1 is 0.864 bits per heavy atom. The van der Waals surface area contributed by atoms with Crippen LogP contribution >= 0.6 is 0 Å². The van der Waals surface area contributed by atoms with E-state index in [1.165, 1.54) is 0 Å². The van der Waals surface area contributed by atoms with Crippen molar-refractivity contribution in [2.24, 2.45) is 0 Å². The molecule has 0 aliphatic rings. The van der Waals surface area contributed by atoms with Gasteiger partial charge in [-0.15, -0.1) is 0 Å². The number of hydrogen-bond donors (Lipinski definition) is 1. The number of rotatable bonds is 7. The van der Waals surface area contributed by atoms with Crippen molar-refractivity contribution in [3.8, 4) is 11.1 Å². The van der Waals surface area contributed by atoms with Crippen LogP contribution in [-0.4, -0.2) is 24.9 Å². The van der Waals surface area contributed by atoms with Crippen molar-refractivity contribution < 1.29 is 20.1 Å². The normalized spacial score (nSPS) is 10.2. The molecule has 0 aliphatic heterocycles. The number of esters is 1. The predicted octanol–water partition coefficient (Wildman–Crippen LogP) is 2.10. The average molecular weight is 298 g/mol. The Labute approximate surface area is 129 Å². The highest BCUT2D eigenvalue weighted by Crippen LogP contribution is 2.19. The predicted molar refractivity (Wildman–Crippen MR) is 84.2 cm³/mol. The average Bonchev–Trinajstić information content (AvgIpc) is 2.58. The fourth-order valence-corrected chi connectivity index (χ4v) is 2.10. The summed E-state index contributed by atoms with van der Waals surface area (Å²) in [5.41, 5.74) is 6.38. The Hall–Kier alpha value is -2.46. The zero-order valence-corrected chi connectivity index (χ0v) is 12.5. The third-order valence-electron chi connectivity index (χ3n) is 3.28. The summed E-state index contributed by atoms with van der Waals surface area (Å²) >= 11 is 0. The molecule has 2 aromatic rings. The molecule has 0 aliphatic carbocycles. The second kappa shape index (κ2) is 8.10. The number of ether oxygens (including phenoxy) is 1. The van der Waals surface area contributed by atoms with Gasteiger partial charge in [-0.05, 0) is 11.1 Å². The lowest BCUT2D eigenvalue weighted by atomic mass is 10.0. The third-order valence-corrected chi connectivity index (χ3v) is 3.28. The van der Waals surface area contributed by atoms with E-state index in [1.807, 2.05) is 42.5 Å². The molecule has 114 valence electrons. The molecular formula is C18H20NO3+. The Balaban J connectivity index is 1.93. The van der Waals surface area contributed by atoms with E-state index < -0.39 is 0 Å². The standard InChI is InChI=1S/C18H19NO3/c19-12-13-22-18(21)11-10-17(20)16-8-6-15(7-9-16)14-4-2-1-3-5-14/h1-9H,10-13,19H2/p+1. The van der Waals surface area contributed by atoms with Crippen molar-refractivity contribution in [1.29, 1.82) is 0 Å². The van der Waals surface area contributed by atoms with Crippen LogP contribution in [-0.2, 0) is 9.53 Å². The van der Waals surface area contributed by atoms with Crippen molar-refractivity contribution in [2.75, 3.05) is 13.2 Å². The van der Waals surface area contributed by atoms with Gasteiger partial charge in [-0.3, -0.25) is 9.59 Å². The van der Waals surface area contributed by atoms with Crippen molar-refractivity contribution in [2.45, 2.75) is 12.8 Å². The highest BCUT2D eigenvalue weighted by molar-refractivity contribution is 5.97. The number of ketones is 1. The summed E-state index contributed by atoms with van der Waals surface area (Å²) in [6.07, 6.45) is 0.278. The van der Waals surface area contributed by atoms with Gasteiger partial charge in [0.15, 0.2) is 5.78 Å². The van der Waals surface area contributed by atoms with E-state index in [0.29, 0.717) is 18.7 Å². The van der Waals surface area contributed by atoms with Crippen LogP contribution in [0.15, 0.2) is 54.6 Å². The summed E-state index contributed by atoms with van der Waals surface area (Å²) in [6.45, 7) is 0.847. The molecule has 3 N–H and O–H groups in total. The maximum atomic E-state index is 12.1. The second-order valence-corrected chi connectivity index (χ2v) is 4.94. The summed E-state index contributed by atoms with van der Waals surface area (Å²) in [5.74, 6) is -0.399. The van der Waals surface area contributed by atoms with Crippen LogP contribution in [0.5, 0.6) is 0 Å². The van der Waals surface area contributed by atoms with Gasteiger partial charge in [-0.25, -0.2) is 0 Å². The first-order valence-corrected chi connectivity index (χ1v) is 7.34. The summed E-state index contributed by atoms with van der Waals surface area (Å²) in [6, 6.07) is 17.4. The number of hydrogen-bond acceptors (Lipinski definition) is 3. The first-order chi connectivity index (χ1) is 10.7. The molecule has 0 fully saturated rings. The van der Waals surface area contributed by atoms with Crippen molar-refractivity contribution in [1.82, 2.24) is 0 Å². The number of benzene rings is 2. The van der Waals surface area contributed by atoms with Crippen LogP contribution in [0, 0.1) is 0 Å². The van der Waals surface area contributed by atoms with Gasteiger partial charge in [0.05, 0.1) is 6.42 Å².